The summed E-state index contributed by atoms with van der Waals surface area (Å²) in [5, 5.41) is 14.1. The number of urea groups is 1. The first kappa shape index (κ1) is 15.0. The van der Waals surface area contributed by atoms with Gasteiger partial charge in [0.2, 0.25) is 0 Å². The van der Waals surface area contributed by atoms with Gasteiger partial charge in [-0.05, 0) is 32.0 Å². The number of halogens is 1. The Morgan fingerprint density at radius 3 is 2.58 bits per heavy atom. The van der Waals surface area contributed by atoms with Crippen LogP contribution in [0.25, 0.3) is 0 Å². The Kier molecular flexibility index (Phi) is 5.38. The Morgan fingerprint density at radius 2 is 2.05 bits per heavy atom. The van der Waals surface area contributed by atoms with E-state index >= 15 is 0 Å². The van der Waals surface area contributed by atoms with E-state index in [9.17, 15) is 9.59 Å². The predicted octanol–water partition coefficient (Wildman–Crippen LogP) is 3.13. The minimum atomic E-state index is -1.07. The van der Waals surface area contributed by atoms with Crippen LogP contribution in [0.3, 0.4) is 0 Å². The van der Waals surface area contributed by atoms with Crippen LogP contribution in [0.4, 0.5) is 10.5 Å². The Morgan fingerprint density at radius 1 is 1.37 bits per heavy atom. The van der Waals surface area contributed by atoms with Gasteiger partial charge in [-0.3, -0.25) is 0 Å². The zero-order valence-electron chi connectivity index (χ0n) is 10.7. The third-order valence-corrected chi connectivity index (χ3v) is 2.55. The highest BCUT2D eigenvalue weighted by Gasteiger charge is 2.08. The van der Waals surface area contributed by atoms with E-state index in [0.717, 1.165) is 5.57 Å². The summed E-state index contributed by atoms with van der Waals surface area (Å²) >= 11 is 5.88. The van der Waals surface area contributed by atoms with E-state index in [-0.39, 0.29) is 10.6 Å². The van der Waals surface area contributed by atoms with Gasteiger partial charge < -0.3 is 15.7 Å². The number of hydrogen-bond donors (Lipinski definition) is 3. The molecule has 0 bridgehead atoms. The van der Waals surface area contributed by atoms with Crippen LogP contribution in [-0.4, -0.2) is 23.7 Å². The number of carbonyl (C=O) groups is 2. The molecule has 102 valence electrons. The first-order valence-electron chi connectivity index (χ1n) is 5.61. The highest BCUT2D eigenvalue weighted by molar-refractivity contribution is 6.34. The molecule has 0 aliphatic rings. The fourth-order valence-corrected chi connectivity index (χ4v) is 1.49. The molecule has 0 fully saturated rings. The lowest BCUT2D eigenvalue weighted by Crippen LogP contribution is -2.28. The molecule has 6 heteroatoms. The fourth-order valence-electron chi connectivity index (χ4n) is 1.26. The third kappa shape index (κ3) is 5.01. The Balaban J connectivity index is 2.64. The van der Waals surface area contributed by atoms with Crippen molar-refractivity contribution >= 4 is 29.3 Å². The minimum Gasteiger partial charge on any atom is -0.478 e. The van der Waals surface area contributed by atoms with Crippen molar-refractivity contribution in [2.24, 2.45) is 0 Å². The molecule has 0 unspecified atom stereocenters. The molecular formula is C13H15ClN2O3. The Bertz CT molecular complexity index is 523. The second kappa shape index (κ2) is 6.80. The molecule has 1 rings (SSSR count). The first-order valence-corrected chi connectivity index (χ1v) is 5.99. The van der Waals surface area contributed by atoms with Gasteiger partial charge in [-0.1, -0.05) is 23.3 Å². The lowest BCUT2D eigenvalue weighted by Gasteiger charge is -2.08. The quantitative estimate of drug-likeness (QED) is 0.742. The molecule has 5 nitrogen and oxygen atoms in total. The zero-order chi connectivity index (χ0) is 14.4. The van der Waals surface area contributed by atoms with Crippen molar-refractivity contribution in [3.05, 3.63) is 40.4 Å². The van der Waals surface area contributed by atoms with Crippen molar-refractivity contribution in [3.63, 3.8) is 0 Å². The van der Waals surface area contributed by atoms with E-state index in [4.69, 9.17) is 16.7 Å². The Hall–Kier alpha value is -2.01. The number of anilines is 1. The van der Waals surface area contributed by atoms with Gasteiger partial charge in [-0.2, -0.15) is 0 Å². The maximum Gasteiger partial charge on any atom is 0.335 e. The van der Waals surface area contributed by atoms with Gasteiger partial charge in [0.05, 0.1) is 16.3 Å². The molecule has 1 aromatic carbocycles. The topological polar surface area (TPSA) is 78.4 Å². The monoisotopic (exact) mass is 282 g/mol. The number of allylic oxidation sites excluding steroid dienone is 1. The number of nitrogens with one attached hydrogen (secondary N) is 2. The standard InChI is InChI=1S/C13H15ClN2O3/c1-8(2)5-6-15-13(19)16-11-4-3-9(12(17)18)7-10(11)14/h3-5,7H,6H2,1-2H3,(H,17,18)(H2,15,16,19). The molecule has 0 aliphatic carbocycles. The molecule has 3 N–H and O–H groups in total. The summed E-state index contributed by atoms with van der Waals surface area (Å²) in [5.41, 5.74) is 1.53. The first-order chi connectivity index (χ1) is 8.90. The molecule has 0 saturated heterocycles. The van der Waals surface area contributed by atoms with Crippen LogP contribution in [0.1, 0.15) is 24.2 Å². The van der Waals surface area contributed by atoms with E-state index in [0.29, 0.717) is 12.2 Å². The van der Waals surface area contributed by atoms with Crippen LogP contribution < -0.4 is 10.6 Å². The van der Waals surface area contributed by atoms with Crippen LogP contribution >= 0.6 is 11.6 Å². The molecule has 0 aliphatic heterocycles. The largest absolute Gasteiger partial charge is 0.478 e. The molecule has 19 heavy (non-hydrogen) atoms. The molecule has 0 heterocycles. The van der Waals surface area contributed by atoms with Gasteiger partial charge in [-0.15, -0.1) is 0 Å². The van der Waals surface area contributed by atoms with Crippen molar-refractivity contribution in [3.8, 4) is 0 Å². The number of benzene rings is 1. The zero-order valence-corrected chi connectivity index (χ0v) is 11.4. The molecule has 0 aromatic heterocycles. The smallest absolute Gasteiger partial charge is 0.335 e. The lowest BCUT2D eigenvalue weighted by atomic mass is 10.2. The number of hydrogen-bond acceptors (Lipinski definition) is 2. The van der Waals surface area contributed by atoms with E-state index in [1.807, 2.05) is 19.9 Å². The third-order valence-electron chi connectivity index (χ3n) is 2.24. The van der Waals surface area contributed by atoms with Crippen LogP contribution in [-0.2, 0) is 0 Å². The van der Waals surface area contributed by atoms with Gasteiger partial charge >= 0.3 is 12.0 Å². The molecular weight excluding hydrogens is 268 g/mol. The second-order valence-corrected chi connectivity index (χ2v) is 4.52. The summed E-state index contributed by atoms with van der Waals surface area (Å²) in [7, 11) is 0. The van der Waals surface area contributed by atoms with Crippen molar-refractivity contribution in [1.82, 2.24) is 5.32 Å². The summed E-state index contributed by atoms with van der Waals surface area (Å²) in [5.74, 6) is -1.07. The number of carboxylic acid groups (broad SMARTS) is 1. The van der Waals surface area contributed by atoms with E-state index in [2.05, 4.69) is 10.6 Å². The number of aromatic carboxylic acids is 1. The summed E-state index contributed by atoms with van der Waals surface area (Å²) < 4.78 is 0. The Labute approximate surface area is 116 Å². The van der Waals surface area contributed by atoms with Crippen LogP contribution in [0.5, 0.6) is 0 Å². The number of carboxylic acids is 1. The van der Waals surface area contributed by atoms with Gasteiger partial charge in [-0.25, -0.2) is 9.59 Å². The van der Waals surface area contributed by atoms with E-state index < -0.39 is 12.0 Å². The summed E-state index contributed by atoms with van der Waals surface area (Å²) in [4.78, 5) is 22.3. The highest BCUT2D eigenvalue weighted by Crippen LogP contribution is 2.22. The lowest BCUT2D eigenvalue weighted by molar-refractivity contribution is 0.0697. The summed E-state index contributed by atoms with van der Waals surface area (Å²) in [6.45, 7) is 4.28. The van der Waals surface area contributed by atoms with E-state index in [1.165, 1.54) is 18.2 Å². The molecule has 2 amide bonds. The molecule has 1 aromatic rings. The van der Waals surface area contributed by atoms with Gasteiger partial charge in [0, 0.05) is 6.54 Å². The van der Waals surface area contributed by atoms with Gasteiger partial charge in [0.25, 0.3) is 0 Å². The molecule has 0 radical (unpaired) electrons. The van der Waals surface area contributed by atoms with Crippen LogP contribution in [0.15, 0.2) is 29.8 Å². The van der Waals surface area contributed by atoms with Crippen LogP contribution in [0, 0.1) is 0 Å². The molecule has 0 spiro atoms. The summed E-state index contributed by atoms with van der Waals surface area (Å²) in [6.07, 6.45) is 1.87. The molecule has 0 saturated carbocycles. The van der Waals surface area contributed by atoms with Crippen molar-refractivity contribution in [1.29, 1.82) is 0 Å². The highest BCUT2D eigenvalue weighted by atomic mass is 35.5. The maximum absolute atomic E-state index is 11.5. The average Bonchev–Trinajstić information content (AvgIpc) is 2.31. The fraction of sp³-hybridized carbons (Fsp3) is 0.231. The molecule has 0 atom stereocenters. The van der Waals surface area contributed by atoms with Crippen molar-refractivity contribution < 1.29 is 14.7 Å². The summed E-state index contributed by atoms with van der Waals surface area (Å²) in [6, 6.07) is 3.71. The van der Waals surface area contributed by atoms with Crippen molar-refractivity contribution in [2.45, 2.75) is 13.8 Å². The van der Waals surface area contributed by atoms with Gasteiger partial charge in [0.15, 0.2) is 0 Å². The number of rotatable bonds is 4. The number of carbonyl (C=O) groups excluding carboxylic acids is 1. The predicted molar refractivity (Wildman–Crippen MR) is 74.9 cm³/mol. The second-order valence-electron chi connectivity index (χ2n) is 4.12. The minimum absolute atomic E-state index is 0.0699. The van der Waals surface area contributed by atoms with Crippen LogP contribution in [0.2, 0.25) is 5.02 Å². The SMILES string of the molecule is CC(C)=CCNC(=O)Nc1ccc(C(=O)O)cc1Cl. The maximum atomic E-state index is 11.5. The average molecular weight is 283 g/mol. The van der Waals surface area contributed by atoms with Crippen molar-refractivity contribution in [2.75, 3.05) is 11.9 Å². The van der Waals surface area contributed by atoms with Gasteiger partial charge in [0.1, 0.15) is 0 Å². The normalized spacial score (nSPS) is 9.63. The van der Waals surface area contributed by atoms with E-state index in [1.54, 1.807) is 0 Å². The number of amides is 2.